The van der Waals surface area contributed by atoms with Crippen molar-refractivity contribution in [3.63, 3.8) is 0 Å². The quantitative estimate of drug-likeness (QED) is 0.334. The molecule has 0 radical (unpaired) electrons. The van der Waals surface area contributed by atoms with Gasteiger partial charge in [0.2, 0.25) is 0 Å². The molecule has 0 aliphatic heterocycles. The van der Waals surface area contributed by atoms with Crippen molar-refractivity contribution in [1.82, 2.24) is 9.97 Å². The van der Waals surface area contributed by atoms with Crippen molar-refractivity contribution >= 4 is 23.4 Å². The summed E-state index contributed by atoms with van der Waals surface area (Å²) in [7, 11) is 0. The average molecular weight is 423 g/mol. The van der Waals surface area contributed by atoms with Gasteiger partial charge >= 0.3 is 6.03 Å². The molecule has 9 nitrogen and oxygen atoms in total. The van der Waals surface area contributed by atoms with E-state index >= 15 is 0 Å². The fourth-order valence-electron chi connectivity index (χ4n) is 2.82. The number of nitrogens with one attached hydrogen (secondary N) is 3. The number of phenolic OH excluding ortho intramolecular Hbond substituents is 1. The molecule has 0 unspecified atom stereocenters. The number of nitrogens with two attached hydrogens (primary N) is 1. The minimum atomic E-state index is -0.742. The molecule has 3 rings (SSSR count). The normalized spacial score (nSPS) is 10.5. The summed E-state index contributed by atoms with van der Waals surface area (Å²) < 4.78 is 5.59. The fraction of sp³-hybridized carbons (Fsp3) is 0.227. The molecule has 0 bridgehead atoms. The maximum atomic E-state index is 12.4. The number of aromatic hydroxyl groups is 1. The van der Waals surface area contributed by atoms with Gasteiger partial charge in [0.15, 0.2) is 5.82 Å². The number of aromatic amines is 1. The third kappa shape index (κ3) is 6.23. The van der Waals surface area contributed by atoms with Crippen LogP contribution in [0.1, 0.15) is 41.6 Å². The molecule has 0 saturated heterocycles. The number of amides is 3. The van der Waals surface area contributed by atoms with Crippen LogP contribution >= 0.6 is 0 Å². The largest absolute Gasteiger partial charge is 0.508 e. The number of benzene rings is 2. The number of rotatable bonds is 9. The van der Waals surface area contributed by atoms with E-state index in [0.717, 1.165) is 24.2 Å². The maximum absolute atomic E-state index is 12.4. The van der Waals surface area contributed by atoms with Crippen LogP contribution in [-0.4, -0.2) is 33.6 Å². The van der Waals surface area contributed by atoms with Gasteiger partial charge in [-0.2, -0.15) is 0 Å². The minimum Gasteiger partial charge on any atom is -0.508 e. The number of aromatic nitrogens is 2. The summed E-state index contributed by atoms with van der Waals surface area (Å²) in [6, 6.07) is 13.0. The van der Waals surface area contributed by atoms with Crippen LogP contribution in [0.5, 0.6) is 11.5 Å². The van der Waals surface area contributed by atoms with Crippen LogP contribution in [0.4, 0.5) is 16.3 Å². The molecule has 0 saturated carbocycles. The summed E-state index contributed by atoms with van der Waals surface area (Å²) in [4.78, 5) is 31.2. The van der Waals surface area contributed by atoms with E-state index in [-0.39, 0.29) is 17.3 Å². The van der Waals surface area contributed by atoms with E-state index in [1.54, 1.807) is 48.5 Å². The number of H-pyrrole nitrogens is 1. The molecule has 3 amide bonds. The molecular weight excluding hydrogens is 398 g/mol. The Bertz CT molecular complexity index is 1030. The minimum absolute atomic E-state index is 0.00333. The highest BCUT2D eigenvalue weighted by atomic mass is 16.5. The first-order valence-corrected chi connectivity index (χ1v) is 9.92. The molecule has 1 aromatic heterocycles. The number of hydrogen-bond donors (Lipinski definition) is 5. The molecule has 3 aromatic rings. The van der Waals surface area contributed by atoms with E-state index in [1.165, 1.54) is 0 Å². The number of phenols is 1. The van der Waals surface area contributed by atoms with E-state index in [4.69, 9.17) is 10.5 Å². The molecular formula is C22H25N5O4. The fourth-order valence-corrected chi connectivity index (χ4v) is 2.82. The van der Waals surface area contributed by atoms with Crippen LogP contribution in [-0.2, 0) is 6.42 Å². The van der Waals surface area contributed by atoms with Crippen LogP contribution in [0.2, 0.25) is 0 Å². The van der Waals surface area contributed by atoms with Crippen molar-refractivity contribution in [3.8, 4) is 11.5 Å². The van der Waals surface area contributed by atoms with Gasteiger partial charge in [0.25, 0.3) is 5.91 Å². The molecule has 0 spiro atoms. The van der Waals surface area contributed by atoms with E-state index in [1.807, 2.05) is 0 Å². The lowest BCUT2D eigenvalue weighted by Gasteiger charge is -2.08. The molecule has 31 heavy (non-hydrogen) atoms. The second-order valence-electron chi connectivity index (χ2n) is 6.92. The lowest BCUT2D eigenvalue weighted by atomic mass is 10.1. The monoisotopic (exact) mass is 423 g/mol. The van der Waals surface area contributed by atoms with Gasteiger partial charge in [0.1, 0.15) is 23.0 Å². The average Bonchev–Trinajstić information content (AvgIpc) is 3.13. The Morgan fingerprint density at radius 2 is 1.81 bits per heavy atom. The van der Waals surface area contributed by atoms with E-state index < -0.39 is 11.9 Å². The second-order valence-corrected chi connectivity index (χ2v) is 6.92. The molecule has 6 N–H and O–H groups in total. The molecule has 0 aliphatic rings. The Morgan fingerprint density at radius 3 is 2.45 bits per heavy atom. The molecule has 0 fully saturated rings. The number of urea groups is 1. The van der Waals surface area contributed by atoms with Crippen LogP contribution in [0.25, 0.3) is 0 Å². The Morgan fingerprint density at radius 1 is 1.10 bits per heavy atom. The molecule has 0 aliphatic carbocycles. The highest BCUT2D eigenvalue weighted by molar-refractivity contribution is 6.04. The lowest BCUT2D eigenvalue weighted by molar-refractivity contribution is 0.0997. The molecule has 9 heteroatoms. The third-order valence-corrected chi connectivity index (χ3v) is 4.42. The first kappa shape index (κ1) is 21.7. The van der Waals surface area contributed by atoms with Crippen molar-refractivity contribution < 1.29 is 19.4 Å². The van der Waals surface area contributed by atoms with Crippen LogP contribution in [0.3, 0.4) is 0 Å². The van der Waals surface area contributed by atoms with Gasteiger partial charge in [0.05, 0.1) is 6.61 Å². The zero-order valence-corrected chi connectivity index (χ0v) is 17.1. The van der Waals surface area contributed by atoms with E-state index in [2.05, 4.69) is 27.5 Å². The summed E-state index contributed by atoms with van der Waals surface area (Å²) in [6.07, 6.45) is 2.39. The summed E-state index contributed by atoms with van der Waals surface area (Å²) in [5.41, 5.74) is 6.83. The van der Waals surface area contributed by atoms with Crippen molar-refractivity contribution in [2.75, 3.05) is 17.2 Å². The third-order valence-electron chi connectivity index (χ3n) is 4.42. The number of carbonyl (C=O) groups is 2. The van der Waals surface area contributed by atoms with Crippen molar-refractivity contribution in [2.24, 2.45) is 5.73 Å². The first-order chi connectivity index (χ1) is 14.9. The van der Waals surface area contributed by atoms with Crippen LogP contribution in [0.15, 0.2) is 48.5 Å². The lowest BCUT2D eigenvalue weighted by Crippen LogP contribution is -2.22. The van der Waals surface area contributed by atoms with Crippen molar-refractivity contribution in [1.29, 1.82) is 0 Å². The van der Waals surface area contributed by atoms with Crippen molar-refractivity contribution in [2.45, 2.75) is 26.2 Å². The summed E-state index contributed by atoms with van der Waals surface area (Å²) in [6.45, 7) is 2.74. The van der Waals surface area contributed by atoms with Gasteiger partial charge in [-0.3, -0.25) is 10.1 Å². The highest BCUT2D eigenvalue weighted by Gasteiger charge is 2.17. The Kier molecular flexibility index (Phi) is 7.10. The topological polar surface area (TPSA) is 142 Å². The standard InChI is InChI=1S/C22H25N5O4/c1-2-3-12-31-17-10-6-15(7-11-17)24-22(30)27-21-19(20(23)29)25-18(26-21)13-14-4-8-16(28)9-5-14/h4-11,28H,2-3,12-13H2,1H3,(H2,23,29)(H,25,26)(H2,24,27,30). The van der Waals surface area contributed by atoms with Gasteiger partial charge < -0.3 is 25.9 Å². The number of nitrogens with zero attached hydrogens (tertiary/aromatic N) is 1. The number of primary amides is 1. The van der Waals surface area contributed by atoms with E-state index in [0.29, 0.717) is 24.5 Å². The Hall–Kier alpha value is -4.01. The highest BCUT2D eigenvalue weighted by Crippen LogP contribution is 2.19. The summed E-state index contributed by atoms with van der Waals surface area (Å²) in [5, 5.41) is 14.6. The first-order valence-electron chi connectivity index (χ1n) is 9.92. The molecule has 162 valence electrons. The maximum Gasteiger partial charge on any atom is 0.324 e. The van der Waals surface area contributed by atoms with Gasteiger partial charge in [0, 0.05) is 12.1 Å². The second kappa shape index (κ2) is 10.1. The number of unbranched alkanes of at least 4 members (excludes halogenated alkanes) is 1. The van der Waals surface area contributed by atoms with Crippen molar-refractivity contribution in [3.05, 3.63) is 65.6 Å². The van der Waals surface area contributed by atoms with Gasteiger partial charge in [-0.25, -0.2) is 9.78 Å². The Balaban J connectivity index is 1.64. The predicted octanol–water partition coefficient (Wildman–Crippen LogP) is 3.63. The van der Waals surface area contributed by atoms with Crippen LogP contribution in [0, 0.1) is 0 Å². The zero-order valence-electron chi connectivity index (χ0n) is 17.1. The van der Waals surface area contributed by atoms with Crippen LogP contribution < -0.4 is 21.1 Å². The number of anilines is 2. The van der Waals surface area contributed by atoms with Gasteiger partial charge in [-0.15, -0.1) is 0 Å². The molecule has 1 heterocycles. The molecule has 0 atom stereocenters. The zero-order chi connectivity index (χ0) is 22.2. The van der Waals surface area contributed by atoms with Gasteiger partial charge in [-0.05, 0) is 48.4 Å². The Labute approximate surface area is 179 Å². The number of hydrogen-bond acceptors (Lipinski definition) is 5. The predicted molar refractivity (Wildman–Crippen MR) is 118 cm³/mol. The SMILES string of the molecule is CCCCOc1ccc(NC(=O)Nc2nc(Cc3ccc(O)cc3)[nH]c2C(N)=O)cc1. The smallest absolute Gasteiger partial charge is 0.324 e. The van der Waals surface area contributed by atoms with E-state index in [9.17, 15) is 14.7 Å². The number of carbonyl (C=O) groups excluding carboxylic acids is 2. The summed E-state index contributed by atoms with van der Waals surface area (Å²) in [5.74, 6) is 0.622. The van der Waals surface area contributed by atoms with Gasteiger partial charge in [-0.1, -0.05) is 25.5 Å². The molecule has 2 aromatic carbocycles. The summed E-state index contributed by atoms with van der Waals surface area (Å²) >= 11 is 0. The number of imidazole rings is 1. The number of ether oxygens (including phenoxy) is 1.